The molecule has 0 bridgehead atoms. The van der Waals surface area contributed by atoms with E-state index in [-0.39, 0.29) is 21.5 Å². The van der Waals surface area contributed by atoms with Crippen molar-refractivity contribution in [3.05, 3.63) is 57.8 Å². The first kappa shape index (κ1) is 23.3. The molecule has 1 aromatic heterocycles. The number of hydrogen-bond donors (Lipinski definition) is 2. The van der Waals surface area contributed by atoms with Crippen LogP contribution < -0.4 is 10.5 Å². The lowest BCUT2D eigenvalue weighted by molar-refractivity contribution is -0.274. The SMILES string of the molecule is CC(c1ccc(OC(C)(C)C(N)=O)cc1Cl)C(O)(c1ccnc(Cl)c1)C(F)(F)F. The molecule has 0 spiro atoms. The Hall–Kier alpha value is -2.03. The quantitative estimate of drug-likeness (QED) is 0.630. The monoisotopic (exact) mass is 450 g/mol. The van der Waals surface area contributed by atoms with Crippen LogP contribution in [-0.2, 0) is 10.4 Å². The number of aliphatic hydroxyl groups is 1. The zero-order chi connectivity index (χ0) is 22.2. The Morgan fingerprint density at radius 3 is 2.31 bits per heavy atom. The lowest BCUT2D eigenvalue weighted by Gasteiger charge is -2.37. The summed E-state index contributed by atoms with van der Waals surface area (Å²) >= 11 is 11.9. The molecule has 0 aliphatic rings. The van der Waals surface area contributed by atoms with Crippen molar-refractivity contribution in [2.24, 2.45) is 5.73 Å². The highest BCUT2D eigenvalue weighted by molar-refractivity contribution is 6.31. The van der Waals surface area contributed by atoms with Crippen molar-refractivity contribution >= 4 is 29.1 Å². The molecule has 0 saturated heterocycles. The summed E-state index contributed by atoms with van der Waals surface area (Å²) in [5.41, 5.74) is 0.164. The van der Waals surface area contributed by atoms with Gasteiger partial charge >= 0.3 is 6.18 Å². The largest absolute Gasteiger partial charge is 0.478 e. The number of nitrogens with two attached hydrogens (primary N) is 1. The van der Waals surface area contributed by atoms with E-state index in [0.29, 0.717) is 0 Å². The van der Waals surface area contributed by atoms with E-state index >= 15 is 0 Å². The third-order valence-corrected chi connectivity index (χ3v) is 5.16. The van der Waals surface area contributed by atoms with Crippen LogP contribution in [0.1, 0.15) is 37.8 Å². The van der Waals surface area contributed by atoms with Crippen molar-refractivity contribution in [2.75, 3.05) is 0 Å². The van der Waals surface area contributed by atoms with Crippen LogP contribution in [0.5, 0.6) is 5.75 Å². The number of carbonyl (C=O) groups excluding carboxylic acids is 1. The first-order valence-corrected chi connectivity index (χ1v) is 9.15. The van der Waals surface area contributed by atoms with E-state index in [1.165, 1.54) is 39.0 Å². The van der Waals surface area contributed by atoms with Gasteiger partial charge in [-0.1, -0.05) is 36.2 Å². The number of aromatic nitrogens is 1. The zero-order valence-corrected chi connectivity index (χ0v) is 17.2. The van der Waals surface area contributed by atoms with Gasteiger partial charge < -0.3 is 15.6 Å². The second-order valence-electron chi connectivity index (χ2n) is 7.01. The lowest BCUT2D eigenvalue weighted by Crippen LogP contribution is -2.46. The maximum absolute atomic E-state index is 13.9. The maximum atomic E-state index is 13.9. The number of rotatable bonds is 6. The second-order valence-corrected chi connectivity index (χ2v) is 7.81. The molecule has 1 amide bonds. The molecule has 2 rings (SSSR count). The fourth-order valence-electron chi connectivity index (χ4n) is 2.79. The molecule has 0 radical (unpaired) electrons. The van der Waals surface area contributed by atoms with Crippen LogP contribution in [0.15, 0.2) is 36.5 Å². The maximum Gasteiger partial charge on any atom is 0.422 e. The molecule has 29 heavy (non-hydrogen) atoms. The predicted molar refractivity (Wildman–Crippen MR) is 103 cm³/mol. The molecule has 2 atom stereocenters. The van der Waals surface area contributed by atoms with Crippen LogP contribution in [-0.4, -0.2) is 27.8 Å². The van der Waals surface area contributed by atoms with Crippen molar-refractivity contribution in [1.82, 2.24) is 4.98 Å². The van der Waals surface area contributed by atoms with Crippen molar-refractivity contribution < 1.29 is 27.8 Å². The summed E-state index contributed by atoms with van der Waals surface area (Å²) in [5.74, 6) is -2.10. The van der Waals surface area contributed by atoms with E-state index in [9.17, 15) is 23.1 Å². The summed E-state index contributed by atoms with van der Waals surface area (Å²) in [6.45, 7) is 4.07. The smallest absolute Gasteiger partial charge is 0.422 e. The summed E-state index contributed by atoms with van der Waals surface area (Å²) in [4.78, 5) is 15.1. The summed E-state index contributed by atoms with van der Waals surface area (Å²) in [5, 5.41) is 10.5. The minimum Gasteiger partial charge on any atom is -0.478 e. The number of alkyl halides is 3. The highest BCUT2D eigenvalue weighted by atomic mass is 35.5. The van der Waals surface area contributed by atoms with Gasteiger partial charge in [-0.3, -0.25) is 4.79 Å². The normalized spacial score (nSPS) is 15.5. The van der Waals surface area contributed by atoms with Crippen LogP contribution >= 0.6 is 23.2 Å². The standard InChI is InChI=1S/C19H19Cl2F3N2O3/c1-10(18(28,19(22,23)24)11-6-7-26-15(21)8-11)13-5-4-12(9-14(13)20)29-17(2,3)16(25)27/h4-10,28H,1-3H3,(H2,25,27). The Labute approximate surface area is 175 Å². The van der Waals surface area contributed by atoms with E-state index in [4.69, 9.17) is 33.7 Å². The molecular weight excluding hydrogens is 432 g/mol. The minimum atomic E-state index is -5.04. The fourth-order valence-corrected chi connectivity index (χ4v) is 3.30. The molecule has 158 valence electrons. The number of amides is 1. The second kappa shape index (κ2) is 8.01. The summed E-state index contributed by atoms with van der Waals surface area (Å²) in [6, 6.07) is 5.88. The van der Waals surface area contributed by atoms with E-state index in [1.807, 2.05) is 0 Å². The van der Waals surface area contributed by atoms with Gasteiger partial charge in [-0.25, -0.2) is 4.98 Å². The van der Waals surface area contributed by atoms with Gasteiger partial charge in [0, 0.05) is 17.1 Å². The van der Waals surface area contributed by atoms with Gasteiger partial charge in [0.25, 0.3) is 5.91 Å². The van der Waals surface area contributed by atoms with E-state index in [1.54, 1.807) is 0 Å². The zero-order valence-electron chi connectivity index (χ0n) is 15.7. The summed E-state index contributed by atoms with van der Waals surface area (Å²) < 4.78 is 47.3. The van der Waals surface area contributed by atoms with Crippen molar-refractivity contribution in [3.63, 3.8) is 0 Å². The number of primary amides is 1. The van der Waals surface area contributed by atoms with E-state index in [0.717, 1.165) is 18.3 Å². The van der Waals surface area contributed by atoms with Crippen LogP contribution in [0.4, 0.5) is 13.2 Å². The molecule has 2 aromatic rings. The van der Waals surface area contributed by atoms with Gasteiger partial charge in [0.1, 0.15) is 10.9 Å². The number of nitrogens with zero attached hydrogens (tertiary/aromatic N) is 1. The minimum absolute atomic E-state index is 0.0173. The topological polar surface area (TPSA) is 85.4 Å². The Morgan fingerprint density at radius 1 is 1.21 bits per heavy atom. The molecule has 0 aliphatic carbocycles. The molecule has 2 unspecified atom stereocenters. The highest BCUT2D eigenvalue weighted by Crippen LogP contribution is 2.50. The number of benzene rings is 1. The van der Waals surface area contributed by atoms with Gasteiger partial charge in [0.15, 0.2) is 11.2 Å². The molecule has 5 nitrogen and oxygen atoms in total. The number of halogens is 5. The number of ether oxygens (including phenoxy) is 1. The summed E-state index contributed by atoms with van der Waals surface area (Å²) in [6.07, 6.45) is -3.96. The third-order valence-electron chi connectivity index (χ3n) is 4.63. The number of hydrogen-bond acceptors (Lipinski definition) is 4. The van der Waals surface area contributed by atoms with Crippen LogP contribution in [0.25, 0.3) is 0 Å². The van der Waals surface area contributed by atoms with Gasteiger partial charge in [-0.15, -0.1) is 0 Å². The molecule has 10 heteroatoms. The van der Waals surface area contributed by atoms with E-state index < -0.39 is 34.8 Å². The van der Waals surface area contributed by atoms with Crippen LogP contribution in [0.3, 0.4) is 0 Å². The fraction of sp³-hybridized carbons (Fsp3) is 0.368. The van der Waals surface area contributed by atoms with E-state index in [2.05, 4.69) is 4.98 Å². The van der Waals surface area contributed by atoms with Gasteiger partial charge in [-0.2, -0.15) is 13.2 Å². The van der Waals surface area contributed by atoms with Crippen molar-refractivity contribution in [1.29, 1.82) is 0 Å². The van der Waals surface area contributed by atoms with Crippen LogP contribution in [0.2, 0.25) is 10.2 Å². The predicted octanol–water partition coefficient (Wildman–Crippen LogP) is 4.58. The van der Waals surface area contributed by atoms with Gasteiger partial charge in [0.05, 0.1) is 0 Å². The third kappa shape index (κ3) is 4.60. The average Bonchev–Trinajstić information content (AvgIpc) is 2.59. The molecule has 1 heterocycles. The Balaban J connectivity index is 2.50. The highest BCUT2D eigenvalue weighted by Gasteiger charge is 2.59. The van der Waals surface area contributed by atoms with Gasteiger partial charge in [-0.05, 0) is 49.2 Å². The summed E-state index contributed by atoms with van der Waals surface area (Å²) in [7, 11) is 0. The van der Waals surface area contributed by atoms with Gasteiger partial charge in [0.2, 0.25) is 0 Å². The molecule has 1 aromatic carbocycles. The Morgan fingerprint density at radius 2 is 1.83 bits per heavy atom. The van der Waals surface area contributed by atoms with Crippen LogP contribution in [0, 0.1) is 0 Å². The first-order chi connectivity index (χ1) is 13.2. The molecule has 0 fully saturated rings. The first-order valence-electron chi connectivity index (χ1n) is 8.39. The average molecular weight is 451 g/mol. The molecule has 0 saturated carbocycles. The lowest BCUT2D eigenvalue weighted by atomic mass is 9.78. The molecular formula is C19H19Cl2F3N2O3. The van der Waals surface area contributed by atoms with Crippen molar-refractivity contribution in [3.8, 4) is 5.75 Å². The Kier molecular flexibility index (Phi) is 6.42. The Bertz CT molecular complexity index is 922. The van der Waals surface area contributed by atoms with Crippen molar-refractivity contribution in [2.45, 2.75) is 44.1 Å². The molecule has 3 N–H and O–H groups in total. The number of carbonyl (C=O) groups is 1. The molecule has 0 aliphatic heterocycles. The number of pyridine rings is 1.